The van der Waals surface area contributed by atoms with Gasteiger partial charge in [-0.05, 0) is 114 Å². The summed E-state index contributed by atoms with van der Waals surface area (Å²) in [7, 11) is 1.89. The third-order valence-corrected chi connectivity index (χ3v) is 10.5. The lowest BCUT2D eigenvalue weighted by atomic mass is 9.82. The summed E-state index contributed by atoms with van der Waals surface area (Å²) < 4.78 is 42.3. The number of carbonyl (C=O) groups is 2. The van der Waals surface area contributed by atoms with Gasteiger partial charge in [-0.15, -0.1) is 0 Å². The number of nitrogens with zero attached hydrogens (tertiary/aromatic N) is 4. The third-order valence-electron chi connectivity index (χ3n) is 10.5. The summed E-state index contributed by atoms with van der Waals surface area (Å²) >= 11 is 0. The molecule has 0 spiro atoms. The first-order chi connectivity index (χ1) is 26.1. The topological polar surface area (TPSA) is 101 Å². The molecule has 1 aliphatic rings. The number of halogens is 3. The zero-order valence-corrected chi connectivity index (χ0v) is 35.8. The van der Waals surface area contributed by atoms with Crippen LogP contribution in [0.5, 0.6) is 5.75 Å². The quantitative estimate of drug-likeness (QED) is 0.160. The van der Waals surface area contributed by atoms with Crippen molar-refractivity contribution in [3.63, 3.8) is 0 Å². The SMILES string of the molecule is C=C(C(CCC(C)CC(C)(C)N(C)C(C)=O)CC(C)C)N1C=CN=C(N)/C1=C(\c1ccc(C(C)=O)cc1OCC)C(C)CC.CCc1cc(C(F)(F)F)ccn1. The Kier molecular flexibility index (Phi) is 18.1. The van der Waals surface area contributed by atoms with Gasteiger partial charge in [-0.1, -0.05) is 60.3 Å². The van der Waals surface area contributed by atoms with Crippen molar-refractivity contribution in [1.82, 2.24) is 14.8 Å². The highest BCUT2D eigenvalue weighted by Gasteiger charge is 2.32. The van der Waals surface area contributed by atoms with Gasteiger partial charge < -0.3 is 20.3 Å². The standard InChI is InChI=1S/C37H58N4O3.C8H8F3N/c1-13-26(6)34(32-18-17-31(28(8)42)22-33(32)44-14-2)35-36(38)39-19-20-41(35)27(7)30(21-24(3)4)16-15-25(5)23-37(10,11)40(12)29(9)43;1-2-7-5-6(3-4-12-7)8(9,10)11/h17-20,22,24-26,30H,7,13-16,21,23H2,1-6,8-12H3,(H2,38,39);3-5H,2H2,1H3/b35-34+;. The molecule has 1 aromatic heterocycles. The summed E-state index contributed by atoms with van der Waals surface area (Å²) in [6.45, 7) is 27.5. The van der Waals surface area contributed by atoms with E-state index in [1.807, 2.05) is 43.3 Å². The largest absolute Gasteiger partial charge is 0.493 e. The van der Waals surface area contributed by atoms with Crippen LogP contribution in [0.25, 0.3) is 5.57 Å². The molecule has 310 valence electrons. The molecule has 3 rings (SSSR count). The maximum absolute atomic E-state index is 12.2. The molecule has 0 aliphatic carbocycles. The first-order valence-electron chi connectivity index (χ1n) is 19.9. The van der Waals surface area contributed by atoms with Gasteiger partial charge in [0.2, 0.25) is 5.91 Å². The number of allylic oxidation sites excluding steroid dienone is 2. The number of alkyl halides is 3. The lowest BCUT2D eigenvalue weighted by molar-refractivity contribution is -0.137. The summed E-state index contributed by atoms with van der Waals surface area (Å²) in [5, 5.41) is 0. The van der Waals surface area contributed by atoms with Crippen molar-refractivity contribution in [3.05, 3.63) is 89.3 Å². The minimum absolute atomic E-state index is 0.00555. The van der Waals surface area contributed by atoms with E-state index >= 15 is 0 Å². The number of ether oxygens (including phenoxy) is 1. The van der Waals surface area contributed by atoms with E-state index in [-0.39, 0.29) is 29.1 Å². The Bertz CT molecular complexity index is 1740. The van der Waals surface area contributed by atoms with E-state index in [0.29, 0.717) is 47.7 Å². The summed E-state index contributed by atoms with van der Waals surface area (Å²) in [4.78, 5) is 36.6. The predicted octanol–water partition coefficient (Wildman–Crippen LogP) is 11.1. The summed E-state index contributed by atoms with van der Waals surface area (Å²) in [5.74, 6) is 2.45. The number of amidine groups is 1. The molecule has 1 aromatic carbocycles. The number of amides is 1. The van der Waals surface area contributed by atoms with Crippen molar-refractivity contribution >= 4 is 23.1 Å². The van der Waals surface area contributed by atoms with Gasteiger partial charge in [0.25, 0.3) is 0 Å². The van der Waals surface area contributed by atoms with Crippen LogP contribution >= 0.6 is 0 Å². The second kappa shape index (κ2) is 21.2. The minimum Gasteiger partial charge on any atom is -0.493 e. The van der Waals surface area contributed by atoms with Crippen LogP contribution in [-0.4, -0.2) is 51.5 Å². The maximum atomic E-state index is 12.2. The Balaban J connectivity index is 0.000000764. The van der Waals surface area contributed by atoms with Crippen LogP contribution < -0.4 is 10.5 Å². The van der Waals surface area contributed by atoms with Gasteiger partial charge in [0.1, 0.15) is 11.6 Å². The number of hydrogen-bond acceptors (Lipinski definition) is 7. The molecule has 0 bridgehead atoms. The first-order valence-corrected chi connectivity index (χ1v) is 19.9. The van der Waals surface area contributed by atoms with Crippen molar-refractivity contribution < 1.29 is 27.5 Å². The smallest absolute Gasteiger partial charge is 0.416 e. The Labute approximate surface area is 334 Å². The van der Waals surface area contributed by atoms with Crippen molar-refractivity contribution in [2.24, 2.45) is 34.4 Å². The second-order valence-electron chi connectivity index (χ2n) is 15.9. The molecule has 8 nitrogen and oxygen atoms in total. The molecule has 0 saturated carbocycles. The molecular weight excluding hydrogens is 716 g/mol. The van der Waals surface area contributed by atoms with E-state index in [4.69, 9.17) is 10.5 Å². The van der Waals surface area contributed by atoms with E-state index in [0.717, 1.165) is 66.8 Å². The average Bonchev–Trinajstić information content (AvgIpc) is 3.13. The van der Waals surface area contributed by atoms with Crippen molar-refractivity contribution in [1.29, 1.82) is 0 Å². The lowest BCUT2D eigenvalue weighted by Crippen LogP contribution is -2.45. The number of benzene rings is 1. The predicted molar refractivity (Wildman–Crippen MR) is 223 cm³/mol. The normalized spacial score (nSPS) is 15.6. The summed E-state index contributed by atoms with van der Waals surface area (Å²) in [5.41, 5.74) is 10.7. The van der Waals surface area contributed by atoms with E-state index in [1.54, 1.807) is 27.0 Å². The molecule has 1 amide bonds. The molecule has 0 radical (unpaired) electrons. The number of aromatic nitrogens is 1. The molecule has 0 saturated heterocycles. The summed E-state index contributed by atoms with van der Waals surface area (Å²) in [6, 6.07) is 7.72. The minimum atomic E-state index is -4.26. The average molecular weight is 782 g/mol. The molecular formula is C45H66F3N5O3. The Morgan fingerprint density at radius 2 is 1.68 bits per heavy atom. The second-order valence-corrected chi connectivity index (χ2v) is 15.9. The lowest BCUT2D eigenvalue weighted by Gasteiger charge is -2.38. The van der Waals surface area contributed by atoms with Crippen LogP contribution in [0, 0.1) is 23.7 Å². The maximum Gasteiger partial charge on any atom is 0.416 e. The number of hydrogen-bond donors (Lipinski definition) is 1. The van der Waals surface area contributed by atoms with Crippen LogP contribution in [0.4, 0.5) is 13.2 Å². The van der Waals surface area contributed by atoms with Crippen LogP contribution in [0.1, 0.15) is 135 Å². The van der Waals surface area contributed by atoms with E-state index in [9.17, 15) is 22.8 Å². The monoisotopic (exact) mass is 782 g/mol. The van der Waals surface area contributed by atoms with Gasteiger partial charge in [-0.25, -0.2) is 4.99 Å². The Morgan fingerprint density at radius 3 is 2.21 bits per heavy atom. The number of rotatable bonds is 17. The molecule has 56 heavy (non-hydrogen) atoms. The number of pyridine rings is 1. The number of carbonyl (C=O) groups excluding carboxylic acids is 2. The van der Waals surface area contributed by atoms with Crippen LogP contribution in [0.3, 0.4) is 0 Å². The van der Waals surface area contributed by atoms with E-state index in [2.05, 4.69) is 69.9 Å². The molecule has 3 unspecified atom stereocenters. The number of nitrogens with two attached hydrogens (primary N) is 1. The van der Waals surface area contributed by atoms with Crippen LogP contribution in [0.2, 0.25) is 0 Å². The fourth-order valence-electron chi connectivity index (χ4n) is 7.05. The number of aryl methyl sites for hydroxylation is 1. The Hall–Kier alpha value is -4.41. The number of ketones is 1. The zero-order valence-electron chi connectivity index (χ0n) is 35.8. The zero-order chi connectivity index (χ0) is 42.5. The molecule has 1 aliphatic heterocycles. The fraction of sp³-hybridized carbons (Fsp3) is 0.556. The molecule has 2 heterocycles. The van der Waals surface area contributed by atoms with Crippen molar-refractivity contribution in [2.75, 3.05) is 13.7 Å². The molecule has 2 N–H and O–H groups in total. The van der Waals surface area contributed by atoms with Crippen LogP contribution in [0.15, 0.2) is 71.9 Å². The van der Waals surface area contributed by atoms with Gasteiger partial charge in [-0.3, -0.25) is 14.6 Å². The van der Waals surface area contributed by atoms with Gasteiger partial charge in [0, 0.05) is 60.6 Å². The van der Waals surface area contributed by atoms with E-state index in [1.165, 1.54) is 6.20 Å². The van der Waals surface area contributed by atoms with Gasteiger partial charge in [0.05, 0.1) is 17.9 Å². The highest BCUT2D eigenvalue weighted by Crippen LogP contribution is 2.41. The summed E-state index contributed by atoms with van der Waals surface area (Å²) in [6.07, 6.45) is 5.96. The Morgan fingerprint density at radius 1 is 1.02 bits per heavy atom. The molecule has 11 heteroatoms. The highest BCUT2D eigenvalue weighted by molar-refractivity contribution is 6.05. The third kappa shape index (κ3) is 13.4. The van der Waals surface area contributed by atoms with Crippen molar-refractivity contribution in [2.45, 2.75) is 126 Å². The van der Waals surface area contributed by atoms with Crippen molar-refractivity contribution in [3.8, 4) is 5.75 Å². The van der Waals surface area contributed by atoms with Gasteiger partial charge in [-0.2, -0.15) is 13.2 Å². The molecule has 3 atom stereocenters. The molecule has 0 fully saturated rings. The van der Waals surface area contributed by atoms with E-state index < -0.39 is 11.7 Å². The highest BCUT2D eigenvalue weighted by atomic mass is 19.4. The number of Topliss-reactive ketones (excluding diaryl/α,β-unsaturated/α-hetero) is 1. The first kappa shape index (κ1) is 47.7. The van der Waals surface area contributed by atoms with Gasteiger partial charge >= 0.3 is 6.18 Å². The van der Waals surface area contributed by atoms with Gasteiger partial charge in [0.15, 0.2) is 5.78 Å². The fourth-order valence-corrected chi connectivity index (χ4v) is 7.05. The number of aliphatic imine (C=N–C) groups is 1. The van der Waals surface area contributed by atoms with Crippen LogP contribution in [-0.2, 0) is 17.4 Å². The molecule has 2 aromatic rings.